The highest BCUT2D eigenvalue weighted by molar-refractivity contribution is 7.47. The fraction of sp³-hybridized carbons (Fsp3) is 0.947. The van der Waals surface area contributed by atoms with Crippen LogP contribution in [0.4, 0.5) is 0 Å². The molecular weight excluding hydrogens is 1230 g/mol. The van der Waals surface area contributed by atoms with Gasteiger partial charge in [0.2, 0.25) is 0 Å². The molecule has 17 nitrogen and oxygen atoms in total. The molecular formula is C75H146O17P2. The normalized spacial score (nSPS) is 14.1. The van der Waals surface area contributed by atoms with E-state index in [1.807, 2.05) is 0 Å². The molecule has 0 spiro atoms. The summed E-state index contributed by atoms with van der Waals surface area (Å²) in [4.78, 5) is 72.7. The van der Waals surface area contributed by atoms with Crippen LogP contribution in [-0.4, -0.2) is 96.7 Å². The van der Waals surface area contributed by atoms with E-state index in [4.69, 9.17) is 37.0 Å². The molecule has 3 N–H and O–H groups in total. The maximum Gasteiger partial charge on any atom is 0.472 e. The second-order valence-corrected chi connectivity index (χ2v) is 31.4. The fourth-order valence-electron chi connectivity index (χ4n) is 11.4. The van der Waals surface area contributed by atoms with Crippen molar-refractivity contribution in [3.63, 3.8) is 0 Å². The van der Waals surface area contributed by atoms with Crippen molar-refractivity contribution in [3.8, 4) is 0 Å². The third-order valence-electron chi connectivity index (χ3n) is 17.4. The molecule has 0 aromatic carbocycles. The van der Waals surface area contributed by atoms with Crippen LogP contribution < -0.4 is 0 Å². The first-order valence-electron chi connectivity index (χ1n) is 38.8. The van der Waals surface area contributed by atoms with Gasteiger partial charge >= 0.3 is 39.5 Å². The summed E-state index contributed by atoms with van der Waals surface area (Å²) in [5.41, 5.74) is 0. The number of phosphoric ester groups is 2. The number of rotatable bonds is 73. The number of carbonyl (C=O) groups is 4. The lowest BCUT2D eigenvalue weighted by atomic mass is 10.0. The van der Waals surface area contributed by atoms with Gasteiger partial charge in [-0.3, -0.25) is 37.3 Å². The van der Waals surface area contributed by atoms with E-state index in [-0.39, 0.29) is 25.7 Å². The van der Waals surface area contributed by atoms with Crippen LogP contribution in [0.5, 0.6) is 0 Å². The van der Waals surface area contributed by atoms with E-state index < -0.39 is 97.5 Å². The van der Waals surface area contributed by atoms with Gasteiger partial charge in [-0.25, -0.2) is 9.13 Å². The minimum Gasteiger partial charge on any atom is -0.462 e. The Morgan fingerprint density at radius 2 is 0.489 bits per heavy atom. The summed E-state index contributed by atoms with van der Waals surface area (Å²) < 4.78 is 68.5. The summed E-state index contributed by atoms with van der Waals surface area (Å²) in [6.45, 7) is 11.8. The highest BCUT2D eigenvalue weighted by atomic mass is 31.2. The Bertz CT molecular complexity index is 1840. The van der Waals surface area contributed by atoms with Crippen LogP contribution in [0.25, 0.3) is 0 Å². The lowest BCUT2D eigenvalue weighted by Crippen LogP contribution is -2.30. The number of esters is 4. The highest BCUT2D eigenvalue weighted by Crippen LogP contribution is 2.45. The minimum absolute atomic E-state index is 0.105. The van der Waals surface area contributed by atoms with Gasteiger partial charge in [-0.15, -0.1) is 0 Å². The molecule has 0 saturated carbocycles. The van der Waals surface area contributed by atoms with Crippen molar-refractivity contribution < 1.29 is 80.2 Å². The summed E-state index contributed by atoms with van der Waals surface area (Å²) in [5, 5.41) is 10.6. The number of hydrogen-bond donors (Lipinski definition) is 3. The van der Waals surface area contributed by atoms with Crippen LogP contribution >= 0.6 is 15.6 Å². The second-order valence-electron chi connectivity index (χ2n) is 28.5. The first-order chi connectivity index (χ1) is 45.2. The van der Waals surface area contributed by atoms with E-state index in [1.54, 1.807) is 0 Å². The van der Waals surface area contributed by atoms with Gasteiger partial charge < -0.3 is 33.8 Å². The topological polar surface area (TPSA) is 237 Å². The molecule has 0 rings (SSSR count). The monoisotopic (exact) mass is 1380 g/mol. The predicted octanol–water partition coefficient (Wildman–Crippen LogP) is 21.8. The van der Waals surface area contributed by atoms with Crippen molar-refractivity contribution >= 4 is 39.5 Å². The molecule has 0 saturated heterocycles. The zero-order valence-corrected chi connectivity index (χ0v) is 63.2. The number of aliphatic hydroxyl groups is 1. The Labute approximate surface area is 575 Å². The van der Waals surface area contributed by atoms with Crippen LogP contribution in [0.2, 0.25) is 0 Å². The molecule has 0 radical (unpaired) electrons. The van der Waals surface area contributed by atoms with Gasteiger partial charge in [0.15, 0.2) is 12.2 Å². The van der Waals surface area contributed by atoms with Crippen LogP contribution in [-0.2, 0) is 65.4 Å². The number of hydrogen-bond acceptors (Lipinski definition) is 15. The zero-order valence-electron chi connectivity index (χ0n) is 61.4. The number of carbonyl (C=O) groups excluding carboxylic acids is 4. The van der Waals surface area contributed by atoms with Crippen molar-refractivity contribution in [2.75, 3.05) is 39.6 Å². The SMILES string of the molecule is CCCCCCCCCCCCCCCCCC(=O)OC[C@H](COP(=O)(O)OC[C@@H](O)COP(=O)(O)OC[C@@H](COC(=O)CCCCCCCCC(C)C)OC(=O)CCCCCCCCCCCCC(C)C)OC(=O)CCCCCCCCCCCCCCCCC(C)C. The molecule has 558 valence electrons. The number of aliphatic hydroxyl groups excluding tert-OH is 1. The van der Waals surface area contributed by atoms with Crippen LogP contribution in [0.15, 0.2) is 0 Å². The Balaban J connectivity index is 5.24. The Hall–Kier alpha value is -1.94. The molecule has 19 heteroatoms. The van der Waals surface area contributed by atoms with Crippen molar-refractivity contribution in [1.29, 1.82) is 0 Å². The Morgan fingerprint density at radius 3 is 0.723 bits per heavy atom. The molecule has 2 unspecified atom stereocenters. The standard InChI is InChI=1S/C75H146O17P2/c1-8-9-10-11-12-13-14-15-16-20-23-29-34-42-49-56-72(77)85-62-70(91-74(79)58-51-44-35-30-24-21-18-17-19-22-27-32-39-46-53-66(2)3)64-89-93(81,82)87-60-69(76)61-88-94(83,84)90-65-71(63-86-73(78)57-50-43-38-37-41-48-55-68(6)7)92-75(80)59-52-45-36-31-26-25-28-33-40-47-54-67(4)5/h66-71,76H,8-65H2,1-7H3,(H,81,82)(H,83,84)/t69-,70-,71-/m1/s1. The van der Waals surface area contributed by atoms with Crippen LogP contribution in [0, 0.1) is 17.8 Å². The predicted molar refractivity (Wildman–Crippen MR) is 381 cm³/mol. The van der Waals surface area contributed by atoms with E-state index in [1.165, 1.54) is 186 Å². The third kappa shape index (κ3) is 68.6. The highest BCUT2D eigenvalue weighted by Gasteiger charge is 2.30. The fourth-order valence-corrected chi connectivity index (χ4v) is 13.0. The molecule has 0 heterocycles. The van der Waals surface area contributed by atoms with Gasteiger partial charge in [-0.05, 0) is 43.4 Å². The molecule has 0 aliphatic rings. The maximum atomic E-state index is 13.1. The minimum atomic E-state index is -4.96. The Kier molecular flexibility index (Phi) is 64.3. The van der Waals surface area contributed by atoms with Gasteiger partial charge in [0.25, 0.3) is 0 Å². The summed E-state index contributed by atoms with van der Waals surface area (Å²) in [6, 6.07) is 0. The molecule has 0 aliphatic heterocycles. The molecule has 0 aromatic rings. The van der Waals surface area contributed by atoms with Crippen molar-refractivity contribution in [3.05, 3.63) is 0 Å². The van der Waals surface area contributed by atoms with E-state index in [0.29, 0.717) is 31.6 Å². The Morgan fingerprint density at radius 1 is 0.287 bits per heavy atom. The smallest absolute Gasteiger partial charge is 0.462 e. The molecule has 0 fully saturated rings. The van der Waals surface area contributed by atoms with E-state index in [2.05, 4.69) is 48.5 Å². The van der Waals surface area contributed by atoms with E-state index in [9.17, 15) is 43.2 Å². The van der Waals surface area contributed by atoms with Gasteiger partial charge in [0, 0.05) is 25.7 Å². The molecule has 0 bridgehead atoms. The third-order valence-corrected chi connectivity index (χ3v) is 19.3. The quantitative estimate of drug-likeness (QED) is 0.0222. The maximum absolute atomic E-state index is 13.1. The summed E-state index contributed by atoms with van der Waals surface area (Å²) >= 11 is 0. The largest absolute Gasteiger partial charge is 0.472 e. The molecule has 5 atom stereocenters. The van der Waals surface area contributed by atoms with Gasteiger partial charge in [-0.2, -0.15) is 0 Å². The molecule has 0 amide bonds. The van der Waals surface area contributed by atoms with Gasteiger partial charge in [0.1, 0.15) is 19.3 Å². The average molecular weight is 1380 g/mol. The van der Waals surface area contributed by atoms with Crippen molar-refractivity contribution in [2.45, 2.75) is 401 Å². The van der Waals surface area contributed by atoms with Gasteiger partial charge in [0.05, 0.1) is 26.4 Å². The summed E-state index contributed by atoms with van der Waals surface area (Å²) in [5.74, 6) is 0.106. The number of ether oxygens (including phenoxy) is 4. The zero-order chi connectivity index (χ0) is 69.4. The van der Waals surface area contributed by atoms with E-state index >= 15 is 0 Å². The van der Waals surface area contributed by atoms with Gasteiger partial charge in [-0.1, -0.05) is 331 Å². The second kappa shape index (κ2) is 65.7. The number of unbranched alkanes of at least 4 members (excludes halogenated alkanes) is 41. The summed E-state index contributed by atoms with van der Waals surface area (Å²) in [7, 11) is -9.91. The first kappa shape index (κ1) is 92.1. The van der Waals surface area contributed by atoms with Crippen molar-refractivity contribution in [2.24, 2.45) is 17.8 Å². The first-order valence-corrected chi connectivity index (χ1v) is 41.8. The van der Waals surface area contributed by atoms with Crippen molar-refractivity contribution in [1.82, 2.24) is 0 Å². The van der Waals surface area contributed by atoms with Crippen LogP contribution in [0.3, 0.4) is 0 Å². The lowest BCUT2D eigenvalue weighted by Gasteiger charge is -2.21. The average Bonchev–Trinajstić information content (AvgIpc) is 1.49. The lowest BCUT2D eigenvalue weighted by molar-refractivity contribution is -0.161. The van der Waals surface area contributed by atoms with Crippen LogP contribution in [0.1, 0.15) is 382 Å². The molecule has 94 heavy (non-hydrogen) atoms. The summed E-state index contributed by atoms with van der Waals surface area (Å²) in [6.07, 6.45) is 51.4. The molecule has 0 aliphatic carbocycles. The molecule has 0 aromatic heterocycles. The number of phosphoric acid groups is 2. The van der Waals surface area contributed by atoms with E-state index in [0.717, 1.165) is 108 Å².